The van der Waals surface area contributed by atoms with E-state index in [4.69, 9.17) is 0 Å². The summed E-state index contributed by atoms with van der Waals surface area (Å²) in [6.45, 7) is 0. The molecule has 1 nitrogen and oxygen atoms in total. The van der Waals surface area contributed by atoms with Gasteiger partial charge >= 0.3 is 0 Å². The second-order valence-corrected chi connectivity index (χ2v) is 5.01. The van der Waals surface area contributed by atoms with Crippen LogP contribution >= 0.6 is 0 Å². The van der Waals surface area contributed by atoms with E-state index in [0.29, 0.717) is 5.75 Å². The van der Waals surface area contributed by atoms with Crippen molar-refractivity contribution < 1.29 is 4.21 Å². The summed E-state index contributed by atoms with van der Waals surface area (Å²) < 4.78 is 11.9. The molecule has 1 aliphatic carbocycles. The Balaban J connectivity index is 2.04. The van der Waals surface area contributed by atoms with Gasteiger partial charge in [0, 0.05) is 4.90 Å². The van der Waals surface area contributed by atoms with Crippen LogP contribution in [-0.2, 0) is 10.8 Å². The van der Waals surface area contributed by atoms with Crippen LogP contribution in [0.15, 0.2) is 59.0 Å². The summed E-state index contributed by atoms with van der Waals surface area (Å²) in [5, 5.41) is 0. The van der Waals surface area contributed by atoms with Gasteiger partial charge < -0.3 is 0 Å². The highest BCUT2D eigenvalue weighted by Gasteiger charge is 2.05. The zero-order chi connectivity index (χ0) is 10.5. The lowest BCUT2D eigenvalue weighted by molar-refractivity contribution is 0.684. The van der Waals surface area contributed by atoms with Crippen molar-refractivity contribution in [2.45, 2.75) is 17.7 Å². The summed E-state index contributed by atoms with van der Waals surface area (Å²) in [6, 6.07) is 9.64. The van der Waals surface area contributed by atoms with Gasteiger partial charge in [0.05, 0.1) is 16.6 Å². The van der Waals surface area contributed by atoms with Gasteiger partial charge in [-0.25, -0.2) is 0 Å². The van der Waals surface area contributed by atoms with Gasteiger partial charge in [0.2, 0.25) is 0 Å². The van der Waals surface area contributed by atoms with Crippen LogP contribution in [0.2, 0.25) is 0 Å². The minimum absolute atomic E-state index is 0.639. The standard InChI is InChI=1S/C13H14OS/c14-15(13-9-5-2-6-10-13)11-12-7-3-1-4-8-12/h2-3,5-10H,1,4,11H2. The Kier molecular flexibility index (Phi) is 3.51. The van der Waals surface area contributed by atoms with E-state index in [9.17, 15) is 4.21 Å². The molecule has 1 aromatic carbocycles. The Bertz CT molecular complexity index is 404. The number of allylic oxidation sites excluding steroid dienone is 3. The maximum atomic E-state index is 11.9. The molecule has 1 aliphatic rings. The first kappa shape index (κ1) is 10.4. The van der Waals surface area contributed by atoms with E-state index in [1.54, 1.807) is 0 Å². The molecule has 0 fully saturated rings. The third-order valence-electron chi connectivity index (χ3n) is 2.38. The van der Waals surface area contributed by atoms with Crippen molar-refractivity contribution in [1.29, 1.82) is 0 Å². The number of hydrogen-bond acceptors (Lipinski definition) is 1. The molecule has 0 spiro atoms. The minimum Gasteiger partial charge on any atom is -0.254 e. The summed E-state index contributed by atoms with van der Waals surface area (Å²) in [4.78, 5) is 0.914. The van der Waals surface area contributed by atoms with Gasteiger partial charge in [-0.3, -0.25) is 4.21 Å². The summed E-state index contributed by atoms with van der Waals surface area (Å²) in [5.74, 6) is 0.639. The molecule has 2 rings (SSSR count). The quantitative estimate of drug-likeness (QED) is 0.762. The largest absolute Gasteiger partial charge is 0.254 e. The molecule has 1 unspecified atom stereocenters. The lowest BCUT2D eigenvalue weighted by Gasteiger charge is -2.06. The zero-order valence-electron chi connectivity index (χ0n) is 8.56. The summed E-state index contributed by atoms with van der Waals surface area (Å²) in [7, 11) is -0.900. The van der Waals surface area contributed by atoms with Crippen molar-refractivity contribution in [1.82, 2.24) is 0 Å². The molecule has 0 aromatic heterocycles. The highest BCUT2D eigenvalue weighted by Crippen LogP contribution is 2.14. The Morgan fingerprint density at radius 3 is 2.60 bits per heavy atom. The van der Waals surface area contributed by atoms with Gasteiger partial charge in [-0.2, -0.15) is 0 Å². The van der Waals surface area contributed by atoms with Crippen LogP contribution < -0.4 is 0 Å². The molecule has 0 N–H and O–H groups in total. The van der Waals surface area contributed by atoms with Gasteiger partial charge in [-0.15, -0.1) is 0 Å². The van der Waals surface area contributed by atoms with Crippen molar-refractivity contribution in [2.75, 3.05) is 5.75 Å². The van der Waals surface area contributed by atoms with Gasteiger partial charge in [0.25, 0.3) is 0 Å². The fourth-order valence-corrected chi connectivity index (χ4v) is 2.73. The predicted molar refractivity (Wildman–Crippen MR) is 64.2 cm³/mol. The molecule has 0 saturated heterocycles. The summed E-state index contributed by atoms with van der Waals surface area (Å²) in [6.07, 6.45) is 8.61. The second kappa shape index (κ2) is 5.08. The SMILES string of the molecule is O=S(CC1=CCCC=C1)c1ccccc1. The van der Waals surface area contributed by atoms with Crippen molar-refractivity contribution in [2.24, 2.45) is 0 Å². The third-order valence-corrected chi connectivity index (χ3v) is 3.77. The maximum absolute atomic E-state index is 11.9. The predicted octanol–water partition coefficient (Wildman–Crippen LogP) is 3.07. The van der Waals surface area contributed by atoms with Gasteiger partial charge in [-0.05, 0) is 30.5 Å². The Labute approximate surface area is 93.0 Å². The molecule has 1 atom stereocenters. The van der Waals surface area contributed by atoms with E-state index < -0.39 is 10.8 Å². The molecule has 0 saturated carbocycles. The van der Waals surface area contributed by atoms with Gasteiger partial charge in [0.15, 0.2) is 0 Å². The van der Waals surface area contributed by atoms with Crippen LogP contribution in [0.4, 0.5) is 0 Å². The highest BCUT2D eigenvalue weighted by atomic mass is 32.2. The van der Waals surface area contributed by atoms with E-state index in [1.165, 1.54) is 5.57 Å². The van der Waals surface area contributed by atoms with Crippen LogP contribution in [-0.4, -0.2) is 9.96 Å². The Morgan fingerprint density at radius 2 is 1.93 bits per heavy atom. The summed E-state index contributed by atoms with van der Waals surface area (Å²) >= 11 is 0. The Morgan fingerprint density at radius 1 is 1.13 bits per heavy atom. The average Bonchev–Trinajstić information content (AvgIpc) is 2.31. The topological polar surface area (TPSA) is 17.1 Å². The lowest BCUT2D eigenvalue weighted by atomic mass is 10.1. The third kappa shape index (κ3) is 2.90. The molecule has 2 heteroatoms. The molecule has 0 bridgehead atoms. The normalized spacial score (nSPS) is 17.2. The Hall–Kier alpha value is -1.15. The fourth-order valence-electron chi connectivity index (χ4n) is 1.58. The fraction of sp³-hybridized carbons (Fsp3) is 0.231. The molecule has 15 heavy (non-hydrogen) atoms. The van der Waals surface area contributed by atoms with Gasteiger partial charge in [-0.1, -0.05) is 36.4 Å². The first-order valence-electron chi connectivity index (χ1n) is 5.15. The van der Waals surface area contributed by atoms with Crippen molar-refractivity contribution in [3.05, 3.63) is 54.1 Å². The zero-order valence-corrected chi connectivity index (χ0v) is 9.37. The molecule has 78 valence electrons. The van der Waals surface area contributed by atoms with Gasteiger partial charge in [0.1, 0.15) is 0 Å². The van der Waals surface area contributed by atoms with E-state index in [1.807, 2.05) is 30.3 Å². The van der Waals surface area contributed by atoms with Crippen LogP contribution in [0.1, 0.15) is 12.8 Å². The number of benzene rings is 1. The molecule has 0 heterocycles. The molecule has 0 radical (unpaired) electrons. The molecular formula is C13H14OS. The number of hydrogen-bond donors (Lipinski definition) is 0. The molecule has 0 aliphatic heterocycles. The molecular weight excluding hydrogens is 204 g/mol. The first-order chi connectivity index (χ1) is 7.36. The van der Waals surface area contributed by atoms with E-state index in [-0.39, 0.29) is 0 Å². The van der Waals surface area contributed by atoms with E-state index in [2.05, 4.69) is 18.2 Å². The van der Waals surface area contributed by atoms with Crippen molar-refractivity contribution >= 4 is 10.8 Å². The number of rotatable bonds is 3. The van der Waals surface area contributed by atoms with Crippen molar-refractivity contribution in [3.63, 3.8) is 0 Å². The van der Waals surface area contributed by atoms with Crippen molar-refractivity contribution in [3.8, 4) is 0 Å². The van der Waals surface area contributed by atoms with Crippen LogP contribution in [0.5, 0.6) is 0 Å². The van der Waals surface area contributed by atoms with E-state index in [0.717, 1.165) is 17.7 Å². The van der Waals surface area contributed by atoms with Crippen LogP contribution in [0, 0.1) is 0 Å². The molecule has 1 aromatic rings. The molecule has 0 amide bonds. The van der Waals surface area contributed by atoms with Crippen LogP contribution in [0.25, 0.3) is 0 Å². The second-order valence-electron chi connectivity index (χ2n) is 3.56. The average molecular weight is 218 g/mol. The highest BCUT2D eigenvalue weighted by molar-refractivity contribution is 7.85. The smallest absolute Gasteiger partial charge is 0.0574 e. The monoisotopic (exact) mass is 218 g/mol. The first-order valence-corrected chi connectivity index (χ1v) is 6.47. The summed E-state index contributed by atoms with van der Waals surface area (Å²) in [5.41, 5.74) is 1.20. The minimum atomic E-state index is -0.900. The van der Waals surface area contributed by atoms with Crippen LogP contribution in [0.3, 0.4) is 0 Å². The van der Waals surface area contributed by atoms with E-state index >= 15 is 0 Å². The maximum Gasteiger partial charge on any atom is 0.0574 e. The lowest BCUT2D eigenvalue weighted by Crippen LogP contribution is -2.01.